The number of nitrogens with zero attached hydrogens (tertiary/aromatic N) is 1. The molecule has 0 aliphatic carbocycles. The van der Waals surface area contributed by atoms with Crippen molar-refractivity contribution >= 4 is 45.4 Å². The molecule has 0 saturated carbocycles. The molecule has 0 bridgehead atoms. The van der Waals surface area contributed by atoms with E-state index in [1.165, 1.54) is 23.5 Å². The Morgan fingerprint density at radius 3 is 2.48 bits per heavy atom. The number of benzene rings is 2. The van der Waals surface area contributed by atoms with E-state index in [0.717, 1.165) is 22.1 Å². The largest absolute Gasteiger partial charge is 0.332 e. The van der Waals surface area contributed by atoms with Gasteiger partial charge in [-0.15, -0.1) is 11.3 Å². The molecule has 6 heteroatoms. The van der Waals surface area contributed by atoms with Crippen molar-refractivity contribution in [2.24, 2.45) is 0 Å². The van der Waals surface area contributed by atoms with E-state index < -0.39 is 0 Å². The van der Waals surface area contributed by atoms with E-state index in [0.29, 0.717) is 10.0 Å². The summed E-state index contributed by atoms with van der Waals surface area (Å²) in [5.41, 5.74) is 2.49. The summed E-state index contributed by atoms with van der Waals surface area (Å²) in [6, 6.07) is 11.5. The lowest BCUT2D eigenvalue weighted by Gasteiger charge is -2.02. The van der Waals surface area contributed by atoms with E-state index in [9.17, 15) is 4.39 Å². The summed E-state index contributed by atoms with van der Waals surface area (Å²) in [6.45, 7) is 0. The van der Waals surface area contributed by atoms with Crippen LogP contribution in [0.15, 0.2) is 47.8 Å². The topological polar surface area (TPSA) is 24.9 Å². The third-order valence-corrected chi connectivity index (χ3v) is 4.31. The normalized spacial score (nSPS) is 10.6. The van der Waals surface area contributed by atoms with Crippen LogP contribution in [0.4, 0.5) is 15.2 Å². The van der Waals surface area contributed by atoms with Crippen molar-refractivity contribution in [2.75, 3.05) is 5.32 Å². The van der Waals surface area contributed by atoms with Gasteiger partial charge in [-0.1, -0.05) is 29.3 Å². The fourth-order valence-corrected chi connectivity index (χ4v) is 2.81. The quantitative estimate of drug-likeness (QED) is 0.633. The van der Waals surface area contributed by atoms with Gasteiger partial charge in [-0.3, -0.25) is 0 Å². The number of aromatic nitrogens is 1. The average Bonchev–Trinajstić information content (AvgIpc) is 2.93. The lowest BCUT2D eigenvalue weighted by Crippen LogP contribution is -1.89. The van der Waals surface area contributed by atoms with Crippen molar-refractivity contribution in [3.8, 4) is 11.3 Å². The number of hydrogen-bond acceptors (Lipinski definition) is 3. The van der Waals surface area contributed by atoms with Gasteiger partial charge in [0.25, 0.3) is 0 Å². The van der Waals surface area contributed by atoms with E-state index in [1.807, 2.05) is 11.4 Å². The Kier molecular flexibility index (Phi) is 4.10. The molecule has 0 fully saturated rings. The van der Waals surface area contributed by atoms with Crippen molar-refractivity contribution in [1.29, 1.82) is 0 Å². The average molecular weight is 339 g/mol. The molecule has 0 spiro atoms. The molecule has 0 atom stereocenters. The minimum Gasteiger partial charge on any atom is -0.332 e. The molecule has 3 rings (SSSR count). The maximum atomic E-state index is 12.9. The highest BCUT2D eigenvalue weighted by Gasteiger charge is 2.07. The van der Waals surface area contributed by atoms with E-state index in [1.54, 1.807) is 24.3 Å². The standard InChI is InChI=1S/C15H9Cl2FN2S/c16-12-6-1-9(7-13(12)17)14-8-21-15(20-14)19-11-4-2-10(18)3-5-11/h1-8H,(H,19,20). The van der Waals surface area contributed by atoms with E-state index >= 15 is 0 Å². The fourth-order valence-electron chi connectivity index (χ4n) is 1.78. The Bertz CT molecular complexity index is 772. The maximum absolute atomic E-state index is 12.9. The maximum Gasteiger partial charge on any atom is 0.187 e. The summed E-state index contributed by atoms with van der Waals surface area (Å²) in [6.07, 6.45) is 0. The highest BCUT2D eigenvalue weighted by molar-refractivity contribution is 7.14. The van der Waals surface area contributed by atoms with Gasteiger partial charge in [-0.25, -0.2) is 9.37 Å². The van der Waals surface area contributed by atoms with E-state index in [4.69, 9.17) is 23.2 Å². The van der Waals surface area contributed by atoms with Gasteiger partial charge >= 0.3 is 0 Å². The summed E-state index contributed by atoms with van der Waals surface area (Å²) in [7, 11) is 0. The van der Waals surface area contributed by atoms with Crippen molar-refractivity contribution in [1.82, 2.24) is 4.98 Å². The monoisotopic (exact) mass is 338 g/mol. The molecule has 0 unspecified atom stereocenters. The number of thiazole rings is 1. The van der Waals surface area contributed by atoms with Gasteiger partial charge in [0.05, 0.1) is 15.7 Å². The van der Waals surface area contributed by atoms with Crippen molar-refractivity contribution < 1.29 is 4.39 Å². The van der Waals surface area contributed by atoms with Gasteiger partial charge in [-0.2, -0.15) is 0 Å². The van der Waals surface area contributed by atoms with Crippen LogP contribution in [0, 0.1) is 5.82 Å². The first-order chi connectivity index (χ1) is 10.1. The fraction of sp³-hybridized carbons (Fsp3) is 0. The van der Waals surface area contributed by atoms with Crippen LogP contribution in [-0.4, -0.2) is 4.98 Å². The molecule has 0 aliphatic heterocycles. The van der Waals surface area contributed by atoms with Crippen LogP contribution in [0.1, 0.15) is 0 Å². The van der Waals surface area contributed by atoms with Crippen LogP contribution < -0.4 is 5.32 Å². The third kappa shape index (κ3) is 3.35. The number of rotatable bonds is 3. The van der Waals surface area contributed by atoms with Crippen molar-refractivity contribution in [2.45, 2.75) is 0 Å². The van der Waals surface area contributed by atoms with E-state index in [2.05, 4.69) is 10.3 Å². The molecular formula is C15H9Cl2FN2S. The van der Waals surface area contributed by atoms with Gasteiger partial charge in [-0.05, 0) is 36.4 Å². The smallest absolute Gasteiger partial charge is 0.187 e. The molecule has 21 heavy (non-hydrogen) atoms. The zero-order valence-electron chi connectivity index (χ0n) is 10.6. The summed E-state index contributed by atoms with van der Waals surface area (Å²) in [5, 5.41) is 6.79. The second kappa shape index (κ2) is 6.02. The molecule has 2 aromatic carbocycles. The minimum atomic E-state index is -0.267. The molecule has 1 aromatic heterocycles. The second-order valence-corrected chi connectivity index (χ2v) is 5.97. The molecule has 0 saturated heterocycles. The Balaban J connectivity index is 1.82. The number of halogens is 3. The lowest BCUT2D eigenvalue weighted by atomic mass is 10.2. The van der Waals surface area contributed by atoms with Crippen LogP contribution in [0.25, 0.3) is 11.3 Å². The molecule has 106 valence electrons. The first kappa shape index (κ1) is 14.3. The second-order valence-electron chi connectivity index (χ2n) is 4.30. The van der Waals surface area contributed by atoms with Crippen LogP contribution >= 0.6 is 34.5 Å². The molecule has 0 amide bonds. The van der Waals surface area contributed by atoms with Crippen LogP contribution in [0.2, 0.25) is 10.0 Å². The summed E-state index contributed by atoms with van der Waals surface area (Å²) < 4.78 is 12.9. The first-order valence-electron chi connectivity index (χ1n) is 6.05. The number of anilines is 2. The summed E-state index contributed by atoms with van der Waals surface area (Å²) in [4.78, 5) is 4.48. The van der Waals surface area contributed by atoms with Crippen LogP contribution in [0.5, 0.6) is 0 Å². The van der Waals surface area contributed by atoms with Gasteiger partial charge in [0, 0.05) is 16.6 Å². The Labute approximate surface area is 135 Å². The van der Waals surface area contributed by atoms with E-state index in [-0.39, 0.29) is 5.82 Å². The number of hydrogen-bond donors (Lipinski definition) is 1. The zero-order chi connectivity index (χ0) is 14.8. The summed E-state index contributed by atoms with van der Waals surface area (Å²) >= 11 is 13.4. The molecule has 1 heterocycles. The molecule has 3 aromatic rings. The van der Waals surface area contributed by atoms with Gasteiger partial charge < -0.3 is 5.32 Å². The predicted octanol–water partition coefficient (Wildman–Crippen LogP) is 6.00. The Morgan fingerprint density at radius 2 is 1.76 bits per heavy atom. The van der Waals surface area contributed by atoms with Crippen LogP contribution in [-0.2, 0) is 0 Å². The van der Waals surface area contributed by atoms with Crippen LogP contribution in [0.3, 0.4) is 0 Å². The molecule has 0 aliphatic rings. The highest BCUT2D eigenvalue weighted by atomic mass is 35.5. The molecule has 2 nitrogen and oxygen atoms in total. The molecule has 0 radical (unpaired) electrons. The minimum absolute atomic E-state index is 0.267. The third-order valence-electron chi connectivity index (χ3n) is 2.82. The highest BCUT2D eigenvalue weighted by Crippen LogP contribution is 2.31. The lowest BCUT2D eigenvalue weighted by molar-refractivity contribution is 0.628. The van der Waals surface area contributed by atoms with Gasteiger partial charge in [0.1, 0.15) is 5.82 Å². The first-order valence-corrected chi connectivity index (χ1v) is 7.69. The Hall–Kier alpha value is -1.62. The molecular weight excluding hydrogens is 330 g/mol. The predicted molar refractivity (Wildman–Crippen MR) is 87.3 cm³/mol. The SMILES string of the molecule is Fc1ccc(Nc2nc(-c3ccc(Cl)c(Cl)c3)cs2)cc1. The van der Waals surface area contributed by atoms with Crippen molar-refractivity contribution in [3.63, 3.8) is 0 Å². The summed E-state index contributed by atoms with van der Waals surface area (Å²) in [5.74, 6) is -0.267. The zero-order valence-corrected chi connectivity index (χ0v) is 12.9. The molecule has 1 N–H and O–H groups in total. The van der Waals surface area contributed by atoms with Gasteiger partial charge in [0.15, 0.2) is 5.13 Å². The van der Waals surface area contributed by atoms with Crippen molar-refractivity contribution in [3.05, 3.63) is 63.7 Å². The Morgan fingerprint density at radius 1 is 1.00 bits per heavy atom. The number of nitrogens with one attached hydrogen (secondary N) is 1. The van der Waals surface area contributed by atoms with Gasteiger partial charge in [0.2, 0.25) is 0 Å².